The molecule has 3 rings (SSSR count). The predicted molar refractivity (Wildman–Crippen MR) is 69.9 cm³/mol. The van der Waals surface area contributed by atoms with Gasteiger partial charge in [0.25, 0.3) is 6.01 Å². The van der Waals surface area contributed by atoms with Gasteiger partial charge in [-0.1, -0.05) is 12.1 Å². The average molecular weight is 247 g/mol. The maximum atomic E-state index is 5.71. The summed E-state index contributed by atoms with van der Waals surface area (Å²) in [6.07, 6.45) is 0.193. The monoisotopic (exact) mass is 247 g/mol. The molecule has 18 heavy (non-hydrogen) atoms. The van der Waals surface area contributed by atoms with Crippen molar-refractivity contribution in [3.63, 3.8) is 0 Å². The number of nitrogens with one attached hydrogen (secondary N) is 1. The molecule has 1 fully saturated rings. The molecule has 1 aliphatic rings. The van der Waals surface area contributed by atoms with E-state index in [2.05, 4.69) is 10.3 Å². The van der Waals surface area contributed by atoms with E-state index in [0.29, 0.717) is 6.01 Å². The molecule has 1 N–H and O–H groups in total. The number of ether oxygens (including phenoxy) is 1. The van der Waals surface area contributed by atoms with Crippen molar-refractivity contribution in [1.29, 1.82) is 0 Å². The highest BCUT2D eigenvalue weighted by atomic mass is 16.5. The van der Waals surface area contributed by atoms with Gasteiger partial charge in [0.1, 0.15) is 5.52 Å². The van der Waals surface area contributed by atoms with Crippen molar-refractivity contribution in [1.82, 2.24) is 10.3 Å². The second kappa shape index (κ2) is 4.96. The molecule has 0 aliphatic carbocycles. The zero-order chi connectivity index (χ0) is 12.4. The number of oxazole rings is 1. The molecule has 0 bridgehead atoms. The third kappa shape index (κ3) is 2.32. The van der Waals surface area contributed by atoms with Crippen LogP contribution in [0.5, 0.6) is 0 Å². The van der Waals surface area contributed by atoms with Gasteiger partial charge in [-0.2, -0.15) is 4.98 Å². The van der Waals surface area contributed by atoms with Gasteiger partial charge in [-0.3, -0.25) is 0 Å². The van der Waals surface area contributed by atoms with Gasteiger partial charge in [-0.15, -0.1) is 0 Å². The normalized spacial score (nSPS) is 20.2. The summed E-state index contributed by atoms with van der Waals surface area (Å²) in [7, 11) is 1.97. The molecule has 0 amide bonds. The number of nitrogens with zero attached hydrogens (tertiary/aromatic N) is 2. The molecule has 1 aromatic carbocycles. The van der Waals surface area contributed by atoms with Gasteiger partial charge in [-0.25, -0.2) is 0 Å². The van der Waals surface area contributed by atoms with Crippen LogP contribution in [-0.4, -0.2) is 44.4 Å². The quantitative estimate of drug-likeness (QED) is 0.884. The van der Waals surface area contributed by atoms with Crippen LogP contribution in [0.15, 0.2) is 28.7 Å². The van der Waals surface area contributed by atoms with E-state index in [9.17, 15) is 0 Å². The van der Waals surface area contributed by atoms with Gasteiger partial charge >= 0.3 is 0 Å². The summed E-state index contributed by atoms with van der Waals surface area (Å²) in [6, 6.07) is 8.44. The fourth-order valence-corrected chi connectivity index (χ4v) is 2.14. The first-order valence-corrected chi connectivity index (χ1v) is 6.22. The molecule has 5 heteroatoms. The third-order valence-corrected chi connectivity index (χ3v) is 3.09. The number of benzene rings is 1. The Hall–Kier alpha value is -1.59. The van der Waals surface area contributed by atoms with Crippen molar-refractivity contribution in [3.05, 3.63) is 24.3 Å². The zero-order valence-electron chi connectivity index (χ0n) is 10.4. The second-order valence-electron chi connectivity index (χ2n) is 4.54. The van der Waals surface area contributed by atoms with Crippen molar-refractivity contribution < 1.29 is 9.15 Å². The molecule has 96 valence electrons. The lowest BCUT2D eigenvalue weighted by Crippen LogP contribution is -2.44. The van der Waals surface area contributed by atoms with Crippen LogP contribution >= 0.6 is 0 Å². The molecule has 1 atom stereocenters. The van der Waals surface area contributed by atoms with E-state index in [-0.39, 0.29) is 6.10 Å². The van der Waals surface area contributed by atoms with Gasteiger partial charge < -0.3 is 19.4 Å². The van der Waals surface area contributed by atoms with Crippen LogP contribution in [0.4, 0.5) is 6.01 Å². The van der Waals surface area contributed by atoms with Crippen LogP contribution < -0.4 is 10.2 Å². The molecular weight excluding hydrogens is 230 g/mol. The molecule has 2 heterocycles. The van der Waals surface area contributed by atoms with Gasteiger partial charge in [0.15, 0.2) is 5.58 Å². The van der Waals surface area contributed by atoms with Crippen molar-refractivity contribution in [2.45, 2.75) is 6.10 Å². The number of hydrogen-bond donors (Lipinski definition) is 1. The number of rotatable bonds is 3. The first-order chi connectivity index (χ1) is 8.83. The number of aromatic nitrogens is 1. The van der Waals surface area contributed by atoms with E-state index in [1.807, 2.05) is 36.2 Å². The van der Waals surface area contributed by atoms with Crippen LogP contribution in [-0.2, 0) is 4.74 Å². The Morgan fingerprint density at radius 3 is 3.11 bits per heavy atom. The van der Waals surface area contributed by atoms with E-state index >= 15 is 0 Å². The van der Waals surface area contributed by atoms with Crippen LogP contribution in [0.25, 0.3) is 11.1 Å². The van der Waals surface area contributed by atoms with E-state index in [0.717, 1.165) is 37.3 Å². The first kappa shape index (κ1) is 11.5. The van der Waals surface area contributed by atoms with Crippen molar-refractivity contribution in [2.24, 2.45) is 0 Å². The molecule has 5 nitrogen and oxygen atoms in total. The molecule has 1 saturated heterocycles. The Balaban J connectivity index is 1.72. The van der Waals surface area contributed by atoms with E-state index in [1.54, 1.807) is 0 Å². The smallest absolute Gasteiger partial charge is 0.298 e. The Morgan fingerprint density at radius 1 is 1.44 bits per heavy atom. The summed E-state index contributed by atoms with van der Waals surface area (Å²) in [5.41, 5.74) is 1.71. The maximum Gasteiger partial charge on any atom is 0.298 e. The first-order valence-electron chi connectivity index (χ1n) is 6.22. The highest BCUT2D eigenvalue weighted by molar-refractivity contribution is 5.74. The van der Waals surface area contributed by atoms with Crippen LogP contribution in [0, 0.1) is 0 Å². The lowest BCUT2D eigenvalue weighted by atomic mass is 10.3. The Morgan fingerprint density at radius 2 is 2.33 bits per heavy atom. The Labute approximate surface area is 106 Å². The molecule has 0 saturated carbocycles. The molecule has 1 aromatic heterocycles. The summed E-state index contributed by atoms with van der Waals surface area (Å²) >= 11 is 0. The molecule has 1 unspecified atom stereocenters. The summed E-state index contributed by atoms with van der Waals surface area (Å²) in [4.78, 5) is 6.46. The minimum atomic E-state index is 0.193. The largest absolute Gasteiger partial charge is 0.423 e. The predicted octanol–water partition coefficient (Wildman–Crippen LogP) is 1.25. The topological polar surface area (TPSA) is 50.5 Å². The van der Waals surface area contributed by atoms with E-state index < -0.39 is 0 Å². The lowest BCUT2D eigenvalue weighted by molar-refractivity contribution is 0.0335. The molecular formula is C13H17N3O2. The van der Waals surface area contributed by atoms with Crippen molar-refractivity contribution in [2.75, 3.05) is 38.2 Å². The SMILES string of the molecule is CN(CC1CNCCO1)c1nc2ccccc2o1. The van der Waals surface area contributed by atoms with Crippen LogP contribution in [0.3, 0.4) is 0 Å². The molecule has 1 aliphatic heterocycles. The third-order valence-electron chi connectivity index (χ3n) is 3.09. The van der Waals surface area contributed by atoms with Gasteiger partial charge in [0.2, 0.25) is 0 Å². The number of likely N-dealkylation sites (N-methyl/N-ethyl adjacent to an activating group) is 1. The number of hydrogen-bond acceptors (Lipinski definition) is 5. The minimum Gasteiger partial charge on any atom is -0.423 e. The Kier molecular flexibility index (Phi) is 3.17. The van der Waals surface area contributed by atoms with E-state index in [1.165, 1.54) is 0 Å². The standard InChI is InChI=1S/C13H17N3O2/c1-16(9-10-8-14-6-7-17-10)13-15-11-4-2-3-5-12(11)18-13/h2-5,10,14H,6-9H2,1H3. The van der Waals surface area contributed by atoms with Gasteiger partial charge in [-0.05, 0) is 12.1 Å². The van der Waals surface area contributed by atoms with Crippen LogP contribution in [0.2, 0.25) is 0 Å². The number of morpholine rings is 1. The number of para-hydroxylation sites is 2. The highest BCUT2D eigenvalue weighted by Gasteiger charge is 2.18. The summed E-state index contributed by atoms with van der Waals surface area (Å²) < 4.78 is 11.4. The van der Waals surface area contributed by atoms with Gasteiger partial charge in [0, 0.05) is 26.7 Å². The highest BCUT2D eigenvalue weighted by Crippen LogP contribution is 2.20. The van der Waals surface area contributed by atoms with Crippen molar-refractivity contribution in [3.8, 4) is 0 Å². The summed E-state index contributed by atoms with van der Waals surface area (Å²) in [5, 5.41) is 3.32. The van der Waals surface area contributed by atoms with Gasteiger partial charge in [0.05, 0.1) is 12.7 Å². The second-order valence-corrected chi connectivity index (χ2v) is 4.54. The summed E-state index contributed by atoms with van der Waals surface area (Å²) in [5.74, 6) is 0. The fraction of sp³-hybridized carbons (Fsp3) is 0.462. The zero-order valence-corrected chi connectivity index (χ0v) is 10.4. The maximum absolute atomic E-state index is 5.71. The Bertz CT molecular complexity index is 487. The lowest BCUT2D eigenvalue weighted by Gasteiger charge is -2.27. The molecule has 2 aromatic rings. The minimum absolute atomic E-state index is 0.193. The fourth-order valence-electron chi connectivity index (χ4n) is 2.14. The average Bonchev–Trinajstić information content (AvgIpc) is 2.84. The van der Waals surface area contributed by atoms with Crippen molar-refractivity contribution >= 4 is 17.1 Å². The molecule has 0 radical (unpaired) electrons. The number of fused-ring (bicyclic) bond motifs is 1. The number of anilines is 1. The molecule has 0 spiro atoms. The summed E-state index contributed by atoms with van der Waals surface area (Å²) in [6.45, 7) is 3.36. The van der Waals surface area contributed by atoms with Crippen LogP contribution in [0.1, 0.15) is 0 Å². The van der Waals surface area contributed by atoms with E-state index in [4.69, 9.17) is 9.15 Å².